The van der Waals surface area contributed by atoms with Gasteiger partial charge in [-0.25, -0.2) is 0 Å². The van der Waals surface area contributed by atoms with Crippen molar-refractivity contribution in [3.05, 3.63) is 0 Å². The second kappa shape index (κ2) is 5.86. The maximum Gasteiger partial charge on any atom is 0.100 e. The van der Waals surface area contributed by atoms with Crippen molar-refractivity contribution in [2.45, 2.75) is 12.5 Å². The molecule has 0 saturated carbocycles. The van der Waals surface area contributed by atoms with Crippen LogP contribution in [-0.2, 0) is 4.57 Å². The number of nitrogens with two attached hydrogens (primary N) is 1. The molecule has 0 fully saturated rings. The quantitative estimate of drug-likeness (QED) is 0.468. The van der Waals surface area contributed by atoms with Crippen LogP contribution in [0.2, 0.25) is 0 Å². The summed E-state index contributed by atoms with van der Waals surface area (Å²) < 4.78 is 10.6. The van der Waals surface area contributed by atoms with Crippen molar-refractivity contribution in [1.82, 2.24) is 0 Å². The molecule has 4 nitrogen and oxygen atoms in total. The predicted octanol–water partition coefficient (Wildman–Crippen LogP) is -0.794. The molecule has 10 heavy (non-hydrogen) atoms. The van der Waals surface area contributed by atoms with Crippen molar-refractivity contribution < 1.29 is 14.8 Å². The fraction of sp³-hybridized carbons (Fsp3) is 1.00. The summed E-state index contributed by atoms with van der Waals surface area (Å²) in [5, 5.41) is 16.8. The molecule has 5 heteroatoms. The van der Waals surface area contributed by atoms with Crippen molar-refractivity contribution in [3.8, 4) is 0 Å². The zero-order valence-electron chi connectivity index (χ0n) is 5.79. The lowest BCUT2D eigenvalue weighted by Gasteiger charge is -2.05. The third-order valence-corrected chi connectivity index (χ3v) is 2.40. The Morgan fingerprint density at radius 3 is 2.50 bits per heavy atom. The fourth-order valence-electron chi connectivity index (χ4n) is 0.517. The Balaban J connectivity index is 3.26. The number of rotatable bonds is 5. The Kier molecular flexibility index (Phi) is 5.93. The molecular weight excluding hydrogens is 153 g/mol. The molecule has 0 amide bonds. The van der Waals surface area contributed by atoms with E-state index in [4.69, 9.17) is 15.9 Å². The highest BCUT2D eigenvalue weighted by Crippen LogP contribution is 2.19. The van der Waals surface area contributed by atoms with Crippen LogP contribution in [0.25, 0.3) is 0 Å². The first-order valence-electron chi connectivity index (χ1n) is 3.19. The van der Waals surface area contributed by atoms with Gasteiger partial charge in [-0.15, -0.1) is 0 Å². The summed E-state index contributed by atoms with van der Waals surface area (Å²) in [7, 11) is -1.82. The topological polar surface area (TPSA) is 83.5 Å². The first-order chi connectivity index (χ1) is 4.70. The van der Waals surface area contributed by atoms with Gasteiger partial charge in [0.05, 0.1) is 13.0 Å². The number of hydrogen-bond acceptors (Lipinski definition) is 4. The second-order valence-corrected chi connectivity index (χ2v) is 4.07. The largest absolute Gasteiger partial charge is 0.395 e. The molecule has 0 aromatic heterocycles. The summed E-state index contributed by atoms with van der Waals surface area (Å²) in [6.45, 7) is -0.0828. The molecule has 0 aliphatic rings. The van der Waals surface area contributed by atoms with Crippen LogP contribution in [-0.4, -0.2) is 35.4 Å². The van der Waals surface area contributed by atoms with Gasteiger partial charge in [0.2, 0.25) is 0 Å². The fourth-order valence-corrected chi connectivity index (χ4v) is 1.37. The first-order valence-corrected chi connectivity index (χ1v) is 5.02. The molecule has 0 aliphatic carbocycles. The van der Waals surface area contributed by atoms with Gasteiger partial charge in [0.1, 0.15) is 7.80 Å². The zero-order chi connectivity index (χ0) is 7.98. The maximum absolute atomic E-state index is 10.6. The molecule has 0 bridgehead atoms. The van der Waals surface area contributed by atoms with Crippen molar-refractivity contribution in [2.24, 2.45) is 5.73 Å². The zero-order valence-corrected chi connectivity index (χ0v) is 6.79. The van der Waals surface area contributed by atoms with Crippen molar-refractivity contribution in [1.29, 1.82) is 0 Å². The molecule has 2 unspecified atom stereocenters. The van der Waals surface area contributed by atoms with Crippen LogP contribution in [0.1, 0.15) is 6.42 Å². The van der Waals surface area contributed by atoms with E-state index in [1.54, 1.807) is 0 Å². The monoisotopic (exact) mass is 167 g/mol. The van der Waals surface area contributed by atoms with Gasteiger partial charge in [-0.05, 0) is 6.42 Å². The summed E-state index contributed by atoms with van der Waals surface area (Å²) in [6.07, 6.45) is 0.709. The van der Waals surface area contributed by atoms with Gasteiger partial charge in [0, 0.05) is 12.2 Å². The van der Waals surface area contributed by atoms with Gasteiger partial charge < -0.3 is 20.5 Å². The van der Waals surface area contributed by atoms with E-state index in [2.05, 4.69) is 0 Å². The second-order valence-electron chi connectivity index (χ2n) is 2.18. The highest BCUT2D eigenvalue weighted by molar-refractivity contribution is 7.44. The molecule has 0 aromatic rings. The van der Waals surface area contributed by atoms with E-state index in [0.29, 0.717) is 12.6 Å². The molecule has 62 valence electrons. The minimum Gasteiger partial charge on any atom is -0.395 e. The predicted molar refractivity (Wildman–Crippen MR) is 40.6 cm³/mol. The van der Waals surface area contributed by atoms with E-state index in [0.717, 1.165) is 0 Å². The smallest absolute Gasteiger partial charge is 0.100 e. The van der Waals surface area contributed by atoms with Crippen molar-refractivity contribution in [3.63, 3.8) is 0 Å². The van der Waals surface area contributed by atoms with Crippen molar-refractivity contribution >= 4 is 7.80 Å². The Morgan fingerprint density at radius 2 is 2.10 bits per heavy atom. The van der Waals surface area contributed by atoms with Crippen LogP contribution >= 0.6 is 7.80 Å². The highest BCUT2D eigenvalue weighted by atomic mass is 31.1. The van der Waals surface area contributed by atoms with Gasteiger partial charge in [0.25, 0.3) is 0 Å². The Bertz CT molecular complexity index is 109. The minimum absolute atomic E-state index is 0.0828. The molecule has 4 N–H and O–H groups in total. The van der Waals surface area contributed by atoms with Gasteiger partial charge in [-0.2, -0.15) is 0 Å². The molecule has 0 heterocycles. The van der Waals surface area contributed by atoms with E-state index in [9.17, 15) is 4.57 Å². The summed E-state index contributed by atoms with van der Waals surface area (Å²) in [6, 6.07) is -0.291. The van der Waals surface area contributed by atoms with E-state index in [-0.39, 0.29) is 19.0 Å². The lowest BCUT2D eigenvalue weighted by atomic mass is 10.3. The van der Waals surface area contributed by atoms with Gasteiger partial charge >= 0.3 is 0 Å². The number of hydrogen-bond donors (Lipinski definition) is 3. The SMILES string of the molecule is NC(CO)CC[PH](=O)CO. The van der Waals surface area contributed by atoms with Crippen LogP contribution in [0, 0.1) is 0 Å². The first kappa shape index (κ1) is 10.1. The maximum atomic E-state index is 10.6. The van der Waals surface area contributed by atoms with Crippen molar-refractivity contribution in [2.75, 3.05) is 19.1 Å². The summed E-state index contributed by atoms with van der Waals surface area (Å²) >= 11 is 0. The van der Waals surface area contributed by atoms with Gasteiger partial charge in [-0.3, -0.25) is 0 Å². The third-order valence-electron chi connectivity index (χ3n) is 1.20. The molecule has 0 spiro atoms. The van der Waals surface area contributed by atoms with Gasteiger partial charge in [-0.1, -0.05) is 0 Å². The normalized spacial score (nSPS) is 16.7. The van der Waals surface area contributed by atoms with E-state index >= 15 is 0 Å². The Hall–Kier alpha value is 0.110. The number of aliphatic hydroxyl groups is 2. The highest BCUT2D eigenvalue weighted by Gasteiger charge is 2.02. The standard InChI is InChI=1S/C5H14NO3P/c6-5(3-7)1-2-10(9)4-8/h5,7-8,10H,1-4,6H2. The Labute approximate surface area is 60.8 Å². The molecular formula is C5H14NO3P. The van der Waals surface area contributed by atoms with Crippen LogP contribution in [0.15, 0.2) is 0 Å². The van der Waals surface area contributed by atoms with E-state index in [1.165, 1.54) is 0 Å². The molecule has 0 saturated heterocycles. The van der Waals surface area contributed by atoms with Crippen LogP contribution in [0.4, 0.5) is 0 Å². The molecule has 0 aromatic carbocycles. The molecule has 0 rings (SSSR count). The van der Waals surface area contributed by atoms with Crippen LogP contribution in [0.5, 0.6) is 0 Å². The van der Waals surface area contributed by atoms with Gasteiger partial charge in [0.15, 0.2) is 0 Å². The minimum atomic E-state index is -1.82. The molecule has 0 radical (unpaired) electrons. The van der Waals surface area contributed by atoms with Crippen LogP contribution < -0.4 is 5.73 Å². The Morgan fingerprint density at radius 1 is 1.50 bits per heavy atom. The average molecular weight is 167 g/mol. The lowest BCUT2D eigenvalue weighted by molar-refractivity contribution is 0.263. The third kappa shape index (κ3) is 4.94. The summed E-state index contributed by atoms with van der Waals surface area (Å²) in [4.78, 5) is 0. The summed E-state index contributed by atoms with van der Waals surface area (Å²) in [5.41, 5.74) is 5.32. The lowest BCUT2D eigenvalue weighted by Crippen LogP contribution is -2.24. The summed E-state index contributed by atoms with van der Waals surface area (Å²) in [5.74, 6) is 0. The van der Waals surface area contributed by atoms with E-state index in [1.807, 2.05) is 0 Å². The average Bonchev–Trinajstić information content (AvgIpc) is 1.99. The molecule has 2 atom stereocenters. The van der Waals surface area contributed by atoms with E-state index < -0.39 is 7.80 Å². The van der Waals surface area contributed by atoms with Crippen LogP contribution in [0.3, 0.4) is 0 Å². The number of aliphatic hydroxyl groups excluding tert-OH is 2. The molecule has 0 aliphatic heterocycles.